The molecule has 3 heteroatoms. The smallest absolute Gasteiger partial charge is 0.0417 e. The minimum atomic E-state index is 0.268. The molecular formula is C14H20ClNS. The molecule has 1 aromatic rings. The van der Waals surface area contributed by atoms with Gasteiger partial charge in [0.05, 0.1) is 0 Å². The minimum Gasteiger partial charge on any atom is -0.329 e. The third-order valence-electron chi connectivity index (χ3n) is 3.52. The highest BCUT2D eigenvalue weighted by molar-refractivity contribution is 8.00. The maximum absolute atomic E-state index is 6.01. The summed E-state index contributed by atoms with van der Waals surface area (Å²) in [5.41, 5.74) is 5.96. The fraction of sp³-hybridized carbons (Fsp3) is 0.571. The second kappa shape index (κ2) is 5.64. The van der Waals surface area contributed by atoms with Crippen molar-refractivity contribution in [1.82, 2.24) is 0 Å². The summed E-state index contributed by atoms with van der Waals surface area (Å²) in [6.07, 6.45) is 5.15. The zero-order chi connectivity index (χ0) is 12.3. The van der Waals surface area contributed by atoms with Gasteiger partial charge in [-0.15, -0.1) is 11.8 Å². The first-order chi connectivity index (χ1) is 8.17. The zero-order valence-electron chi connectivity index (χ0n) is 10.3. The van der Waals surface area contributed by atoms with Crippen LogP contribution in [0.25, 0.3) is 0 Å². The number of nitrogens with two attached hydrogens (primary N) is 1. The highest BCUT2D eigenvalue weighted by Crippen LogP contribution is 2.51. The summed E-state index contributed by atoms with van der Waals surface area (Å²) in [5, 5.41) is 0.812. The van der Waals surface area contributed by atoms with Crippen LogP contribution >= 0.6 is 23.4 Å². The third kappa shape index (κ3) is 3.18. The topological polar surface area (TPSA) is 26.0 Å². The van der Waals surface area contributed by atoms with Gasteiger partial charge in [0.25, 0.3) is 0 Å². The average molecular weight is 270 g/mol. The molecule has 1 aliphatic carbocycles. The van der Waals surface area contributed by atoms with Gasteiger partial charge in [0.1, 0.15) is 0 Å². The maximum atomic E-state index is 6.01. The van der Waals surface area contributed by atoms with E-state index in [0.29, 0.717) is 0 Å². The molecule has 0 spiro atoms. The Kier molecular flexibility index (Phi) is 4.40. The van der Waals surface area contributed by atoms with Crippen molar-refractivity contribution < 1.29 is 0 Å². The molecule has 0 amide bonds. The molecule has 2 rings (SSSR count). The number of halogens is 1. The molecular weight excluding hydrogens is 250 g/mol. The Labute approximate surface area is 113 Å². The van der Waals surface area contributed by atoms with Gasteiger partial charge in [-0.3, -0.25) is 0 Å². The van der Waals surface area contributed by atoms with Crippen molar-refractivity contribution in [2.45, 2.75) is 42.2 Å². The van der Waals surface area contributed by atoms with Crippen molar-refractivity contribution >= 4 is 23.4 Å². The van der Waals surface area contributed by atoms with Crippen LogP contribution < -0.4 is 5.73 Å². The molecule has 1 aliphatic rings. The van der Waals surface area contributed by atoms with Gasteiger partial charge in [-0.05, 0) is 37.0 Å². The predicted molar refractivity (Wildman–Crippen MR) is 76.7 cm³/mol. The minimum absolute atomic E-state index is 0.268. The van der Waals surface area contributed by atoms with Gasteiger partial charge >= 0.3 is 0 Å². The molecule has 0 heterocycles. The summed E-state index contributed by atoms with van der Waals surface area (Å²) in [6.45, 7) is 3.02. The maximum Gasteiger partial charge on any atom is 0.0417 e. The van der Waals surface area contributed by atoms with Crippen LogP contribution in [0.2, 0.25) is 5.02 Å². The fourth-order valence-electron chi connectivity index (χ4n) is 2.68. The van der Waals surface area contributed by atoms with Crippen molar-refractivity contribution in [3.63, 3.8) is 0 Å². The number of benzene rings is 1. The lowest BCUT2D eigenvalue weighted by molar-refractivity contribution is 0.220. The molecule has 0 saturated heterocycles. The molecule has 0 radical (unpaired) electrons. The van der Waals surface area contributed by atoms with Gasteiger partial charge in [0.2, 0.25) is 0 Å². The number of thioether (sulfide) groups is 1. The summed E-state index contributed by atoms with van der Waals surface area (Å²) in [7, 11) is 0. The lowest BCUT2D eigenvalue weighted by atomic mass is 9.72. The zero-order valence-corrected chi connectivity index (χ0v) is 11.9. The van der Waals surface area contributed by atoms with Crippen LogP contribution in [0.4, 0.5) is 0 Å². The first kappa shape index (κ1) is 13.3. The molecule has 17 heavy (non-hydrogen) atoms. The molecule has 0 unspecified atom stereocenters. The quantitative estimate of drug-likeness (QED) is 0.861. The second-order valence-corrected chi connectivity index (χ2v) is 6.99. The molecule has 94 valence electrons. The summed E-state index contributed by atoms with van der Waals surface area (Å²) in [4.78, 5) is 1.25. The predicted octanol–water partition coefficient (Wildman–Crippen LogP) is 4.34. The highest BCUT2D eigenvalue weighted by Gasteiger charge is 2.43. The Morgan fingerprint density at radius 2 is 2.24 bits per heavy atom. The molecule has 0 aliphatic heterocycles. The number of hydrogen-bond acceptors (Lipinski definition) is 2. The van der Waals surface area contributed by atoms with Crippen molar-refractivity contribution in [3.05, 3.63) is 29.3 Å². The van der Waals surface area contributed by atoms with E-state index in [-0.39, 0.29) is 4.75 Å². The lowest BCUT2D eigenvalue weighted by Gasteiger charge is -2.47. The van der Waals surface area contributed by atoms with E-state index in [1.54, 1.807) is 0 Å². The van der Waals surface area contributed by atoms with E-state index in [0.717, 1.165) is 17.5 Å². The standard InChI is InChI=1S/C14H20ClNS/c1-2-4-11-8-14(9-11,10-16)17-13-6-3-5-12(15)7-13/h3,5-7,11H,2,4,8-10,16H2,1H3. The van der Waals surface area contributed by atoms with Gasteiger partial charge in [-0.25, -0.2) is 0 Å². The van der Waals surface area contributed by atoms with Crippen LogP contribution in [0.5, 0.6) is 0 Å². The van der Waals surface area contributed by atoms with E-state index >= 15 is 0 Å². The first-order valence-corrected chi connectivity index (χ1v) is 7.51. The summed E-state index contributed by atoms with van der Waals surface area (Å²) >= 11 is 7.92. The van der Waals surface area contributed by atoms with Crippen molar-refractivity contribution in [3.8, 4) is 0 Å². The van der Waals surface area contributed by atoms with E-state index in [4.69, 9.17) is 17.3 Å². The van der Waals surface area contributed by atoms with E-state index in [9.17, 15) is 0 Å². The second-order valence-electron chi connectivity index (χ2n) is 5.01. The molecule has 0 bridgehead atoms. The monoisotopic (exact) mass is 269 g/mol. The molecule has 1 nitrogen and oxygen atoms in total. The van der Waals surface area contributed by atoms with Gasteiger partial charge in [0.15, 0.2) is 0 Å². The van der Waals surface area contributed by atoms with Crippen LogP contribution in [-0.4, -0.2) is 11.3 Å². The molecule has 1 fully saturated rings. The molecule has 1 aromatic carbocycles. The Bertz CT molecular complexity index is 374. The normalized spacial score (nSPS) is 27.8. The Hall–Kier alpha value is -0.180. The first-order valence-electron chi connectivity index (χ1n) is 6.32. The van der Waals surface area contributed by atoms with Crippen molar-refractivity contribution in [2.75, 3.05) is 6.54 Å². The van der Waals surface area contributed by atoms with Crippen molar-refractivity contribution in [2.24, 2.45) is 11.7 Å². The average Bonchev–Trinajstić information content (AvgIpc) is 2.26. The Morgan fingerprint density at radius 1 is 1.47 bits per heavy atom. The molecule has 1 saturated carbocycles. The largest absolute Gasteiger partial charge is 0.329 e. The summed E-state index contributed by atoms with van der Waals surface area (Å²) in [6, 6.07) is 8.09. The van der Waals surface area contributed by atoms with E-state index < -0.39 is 0 Å². The Balaban J connectivity index is 1.97. The van der Waals surface area contributed by atoms with Crippen LogP contribution in [0, 0.1) is 5.92 Å². The number of hydrogen-bond donors (Lipinski definition) is 1. The molecule has 0 atom stereocenters. The number of rotatable bonds is 5. The van der Waals surface area contributed by atoms with Gasteiger partial charge < -0.3 is 5.73 Å². The third-order valence-corrected chi connectivity index (χ3v) is 5.18. The van der Waals surface area contributed by atoms with Crippen LogP contribution in [-0.2, 0) is 0 Å². The van der Waals surface area contributed by atoms with E-state index in [1.165, 1.54) is 30.6 Å². The fourth-order valence-corrected chi connectivity index (χ4v) is 4.49. The summed E-state index contributed by atoms with van der Waals surface area (Å²) < 4.78 is 0.268. The lowest BCUT2D eigenvalue weighted by Crippen LogP contribution is -2.46. The van der Waals surface area contributed by atoms with Crippen LogP contribution in [0.1, 0.15) is 32.6 Å². The van der Waals surface area contributed by atoms with Crippen LogP contribution in [0.15, 0.2) is 29.2 Å². The Morgan fingerprint density at radius 3 is 2.82 bits per heavy atom. The van der Waals surface area contributed by atoms with E-state index in [2.05, 4.69) is 13.0 Å². The highest BCUT2D eigenvalue weighted by atomic mass is 35.5. The molecule has 0 aromatic heterocycles. The summed E-state index contributed by atoms with van der Waals surface area (Å²) in [5.74, 6) is 0.884. The van der Waals surface area contributed by atoms with Crippen LogP contribution in [0.3, 0.4) is 0 Å². The van der Waals surface area contributed by atoms with Crippen molar-refractivity contribution in [1.29, 1.82) is 0 Å². The van der Waals surface area contributed by atoms with Gasteiger partial charge in [-0.2, -0.15) is 0 Å². The SMILES string of the molecule is CCCC1CC(CN)(Sc2cccc(Cl)c2)C1. The van der Waals surface area contributed by atoms with Gasteiger partial charge in [-0.1, -0.05) is 37.4 Å². The van der Waals surface area contributed by atoms with E-state index in [1.807, 2.05) is 30.0 Å². The molecule has 2 N–H and O–H groups in total. The van der Waals surface area contributed by atoms with Gasteiger partial charge in [0, 0.05) is 21.2 Å².